The lowest BCUT2D eigenvalue weighted by Gasteiger charge is -2.25. The maximum atomic E-state index is 12.8. The van der Waals surface area contributed by atoms with E-state index in [-0.39, 0.29) is 4.91 Å². The van der Waals surface area contributed by atoms with E-state index in [2.05, 4.69) is 5.32 Å². The van der Waals surface area contributed by atoms with Crippen molar-refractivity contribution >= 4 is 38.5 Å². The van der Waals surface area contributed by atoms with Crippen LogP contribution >= 0.6 is 11.3 Å². The van der Waals surface area contributed by atoms with Gasteiger partial charge in [-0.15, -0.1) is 11.3 Å². The van der Waals surface area contributed by atoms with E-state index < -0.39 is 21.6 Å². The predicted octanol–water partition coefficient (Wildman–Crippen LogP) is 2.80. The van der Waals surface area contributed by atoms with Crippen molar-refractivity contribution in [2.24, 2.45) is 0 Å². The van der Waals surface area contributed by atoms with Crippen LogP contribution in [0.3, 0.4) is 0 Å². The van der Waals surface area contributed by atoms with Gasteiger partial charge in [0.2, 0.25) is 5.78 Å². The zero-order valence-electron chi connectivity index (χ0n) is 11.4. The number of hydrogen-bond acceptors (Lipinski definition) is 5. The highest BCUT2D eigenvalue weighted by atomic mass is 32.2. The maximum Gasteiger partial charge on any atom is 0.269 e. The van der Waals surface area contributed by atoms with E-state index in [4.69, 9.17) is 0 Å². The molecule has 1 N–H and O–H groups in total. The number of fused-ring (bicyclic) bond motifs is 1. The van der Waals surface area contributed by atoms with E-state index in [1.807, 2.05) is 0 Å². The third-order valence-corrected chi connectivity index (χ3v) is 5.95. The van der Waals surface area contributed by atoms with Crippen molar-refractivity contribution in [3.05, 3.63) is 57.5 Å². The zero-order chi connectivity index (χ0) is 15.9. The molecule has 1 aliphatic heterocycles. The van der Waals surface area contributed by atoms with E-state index >= 15 is 0 Å². The fourth-order valence-corrected chi connectivity index (χ4v) is 4.31. The largest absolute Gasteiger partial charge is 0.360 e. The standard InChI is InChI=1S/C14H11FN2O3S2/c1-17-11-6-7-21-14(11)13(18)12(22(17,19)20)8-16-10-4-2-9(15)3-5-10/h2-8,16H,1H3/b12-8+. The van der Waals surface area contributed by atoms with Crippen LogP contribution in [0.2, 0.25) is 0 Å². The fraction of sp³-hybridized carbons (Fsp3) is 0.0714. The molecule has 0 amide bonds. The Kier molecular flexibility index (Phi) is 3.50. The number of halogens is 1. The number of sulfonamides is 1. The van der Waals surface area contributed by atoms with E-state index in [0.717, 1.165) is 10.5 Å². The highest BCUT2D eigenvalue weighted by molar-refractivity contribution is 7.97. The number of Topliss-reactive ketones (excluding diaryl/α,β-unsaturated/α-hetero) is 1. The van der Waals surface area contributed by atoms with E-state index in [1.54, 1.807) is 11.4 Å². The molecule has 114 valence electrons. The molecule has 3 rings (SSSR count). The molecule has 22 heavy (non-hydrogen) atoms. The predicted molar refractivity (Wildman–Crippen MR) is 84.1 cm³/mol. The molecule has 1 aromatic carbocycles. The Morgan fingerprint density at radius 2 is 1.91 bits per heavy atom. The number of nitrogens with zero attached hydrogens (tertiary/aromatic N) is 1. The van der Waals surface area contributed by atoms with Crippen molar-refractivity contribution in [2.75, 3.05) is 16.7 Å². The lowest BCUT2D eigenvalue weighted by Crippen LogP contribution is -2.35. The summed E-state index contributed by atoms with van der Waals surface area (Å²) >= 11 is 1.19. The number of ketones is 1. The number of hydrogen-bond donors (Lipinski definition) is 1. The molecule has 0 aliphatic carbocycles. The molecule has 0 saturated carbocycles. The molecule has 0 spiro atoms. The van der Waals surface area contributed by atoms with Gasteiger partial charge in [-0.2, -0.15) is 0 Å². The monoisotopic (exact) mass is 338 g/mol. The summed E-state index contributed by atoms with van der Waals surface area (Å²) in [4.78, 5) is 12.4. The first-order valence-electron chi connectivity index (χ1n) is 6.24. The lowest BCUT2D eigenvalue weighted by molar-refractivity contribution is 0.104. The summed E-state index contributed by atoms with van der Waals surface area (Å²) < 4.78 is 38.7. The van der Waals surface area contributed by atoms with Crippen molar-refractivity contribution in [3.8, 4) is 0 Å². The van der Waals surface area contributed by atoms with Gasteiger partial charge < -0.3 is 5.32 Å². The minimum absolute atomic E-state index is 0.339. The van der Waals surface area contributed by atoms with E-state index in [0.29, 0.717) is 16.3 Å². The van der Waals surface area contributed by atoms with Gasteiger partial charge >= 0.3 is 0 Å². The number of rotatable bonds is 2. The molecule has 1 aliphatic rings. The van der Waals surface area contributed by atoms with Gasteiger partial charge in [-0.1, -0.05) is 0 Å². The first-order chi connectivity index (χ1) is 10.4. The second-order valence-electron chi connectivity index (χ2n) is 4.60. The number of nitrogens with one attached hydrogen (secondary N) is 1. The second-order valence-corrected chi connectivity index (χ2v) is 7.45. The second kappa shape index (κ2) is 5.22. The van der Waals surface area contributed by atoms with Crippen LogP contribution in [0.1, 0.15) is 9.67 Å². The molecule has 0 unspecified atom stereocenters. The molecule has 0 fully saturated rings. The Hall–Kier alpha value is -2.19. The van der Waals surface area contributed by atoms with Gasteiger partial charge in [0.25, 0.3) is 10.0 Å². The van der Waals surface area contributed by atoms with Crippen LogP contribution in [-0.4, -0.2) is 21.2 Å². The molecular weight excluding hydrogens is 327 g/mol. The summed E-state index contributed by atoms with van der Waals surface area (Å²) in [6.45, 7) is 0. The minimum atomic E-state index is -3.90. The summed E-state index contributed by atoms with van der Waals surface area (Å²) in [7, 11) is -2.50. The molecule has 0 saturated heterocycles. The number of thiophene rings is 1. The Balaban J connectivity index is 2.00. The highest BCUT2D eigenvalue weighted by Gasteiger charge is 2.39. The van der Waals surface area contributed by atoms with Crippen molar-refractivity contribution in [1.29, 1.82) is 0 Å². The van der Waals surface area contributed by atoms with Crippen molar-refractivity contribution < 1.29 is 17.6 Å². The Morgan fingerprint density at radius 1 is 1.23 bits per heavy atom. The van der Waals surface area contributed by atoms with Gasteiger partial charge in [0.05, 0.1) is 5.69 Å². The van der Waals surface area contributed by atoms with E-state index in [9.17, 15) is 17.6 Å². The van der Waals surface area contributed by atoms with Crippen molar-refractivity contribution in [3.63, 3.8) is 0 Å². The lowest BCUT2D eigenvalue weighted by atomic mass is 10.2. The van der Waals surface area contributed by atoms with Crippen LogP contribution in [0.25, 0.3) is 0 Å². The van der Waals surface area contributed by atoms with Gasteiger partial charge in [-0.05, 0) is 35.7 Å². The smallest absolute Gasteiger partial charge is 0.269 e. The Bertz CT molecular complexity index is 870. The van der Waals surface area contributed by atoms with Gasteiger partial charge in [0.1, 0.15) is 10.7 Å². The van der Waals surface area contributed by atoms with Crippen molar-refractivity contribution in [1.82, 2.24) is 0 Å². The zero-order valence-corrected chi connectivity index (χ0v) is 13.0. The number of carbonyl (C=O) groups is 1. The summed E-state index contributed by atoms with van der Waals surface area (Å²) in [5.74, 6) is -0.944. The van der Waals surface area contributed by atoms with Crippen LogP contribution in [0.4, 0.5) is 15.8 Å². The maximum absolute atomic E-state index is 12.8. The van der Waals surface area contributed by atoms with Gasteiger partial charge in [-0.25, -0.2) is 12.8 Å². The van der Waals surface area contributed by atoms with E-state index in [1.165, 1.54) is 42.6 Å². The molecule has 2 heterocycles. The molecule has 0 bridgehead atoms. The normalized spacial score (nSPS) is 18.4. The quantitative estimate of drug-likeness (QED) is 0.855. The first-order valence-corrected chi connectivity index (χ1v) is 8.56. The highest BCUT2D eigenvalue weighted by Crippen LogP contribution is 2.37. The third-order valence-electron chi connectivity index (χ3n) is 3.27. The molecule has 1 aromatic heterocycles. The Labute approximate surface area is 130 Å². The average Bonchev–Trinajstić information content (AvgIpc) is 2.96. The molecular formula is C14H11FN2O3S2. The van der Waals surface area contributed by atoms with Gasteiger partial charge in [0, 0.05) is 18.9 Å². The van der Waals surface area contributed by atoms with Crippen LogP contribution in [-0.2, 0) is 10.0 Å². The van der Waals surface area contributed by atoms with Crippen molar-refractivity contribution in [2.45, 2.75) is 0 Å². The SMILES string of the molecule is CN1c2ccsc2C(=O)/C(=C\Nc2ccc(F)cc2)S1(=O)=O. The summed E-state index contributed by atoms with van der Waals surface area (Å²) in [5, 5.41) is 4.39. The fourth-order valence-electron chi connectivity index (χ4n) is 2.06. The summed E-state index contributed by atoms with van der Waals surface area (Å²) in [6, 6.07) is 6.97. The van der Waals surface area contributed by atoms with Crippen LogP contribution in [0, 0.1) is 5.82 Å². The first kappa shape index (κ1) is 14.7. The third kappa shape index (κ3) is 2.30. The number of carbonyl (C=O) groups excluding carboxylic acids is 1. The molecule has 0 atom stereocenters. The van der Waals surface area contributed by atoms with Gasteiger partial charge in [0.15, 0.2) is 4.91 Å². The molecule has 5 nitrogen and oxygen atoms in total. The van der Waals surface area contributed by atoms with Crippen LogP contribution in [0.15, 0.2) is 46.8 Å². The minimum Gasteiger partial charge on any atom is -0.360 e. The summed E-state index contributed by atoms with van der Waals surface area (Å²) in [6.07, 6.45) is 1.14. The summed E-state index contributed by atoms with van der Waals surface area (Å²) in [5.41, 5.74) is 0.866. The molecule has 8 heteroatoms. The van der Waals surface area contributed by atoms with Crippen LogP contribution < -0.4 is 9.62 Å². The molecule has 2 aromatic rings. The Morgan fingerprint density at radius 3 is 2.59 bits per heavy atom. The number of anilines is 2. The number of benzene rings is 1. The van der Waals surface area contributed by atoms with Crippen LogP contribution in [0.5, 0.6) is 0 Å². The molecule has 0 radical (unpaired) electrons. The number of allylic oxidation sites excluding steroid dienone is 1. The topological polar surface area (TPSA) is 66.5 Å². The van der Waals surface area contributed by atoms with Gasteiger partial charge in [-0.3, -0.25) is 9.10 Å². The average molecular weight is 338 g/mol.